The SMILES string of the molecule is CCOC(=O)Cc1csc(NC(=O)CCn2cnc3ccccc32)n1. The fourth-order valence-electron chi connectivity index (χ4n) is 2.40. The van der Waals surface area contributed by atoms with Crippen molar-refractivity contribution in [3.63, 3.8) is 0 Å². The highest BCUT2D eigenvalue weighted by Gasteiger charge is 2.11. The van der Waals surface area contributed by atoms with Crippen LogP contribution in [0.2, 0.25) is 0 Å². The molecule has 0 aliphatic rings. The van der Waals surface area contributed by atoms with Crippen molar-refractivity contribution in [1.82, 2.24) is 14.5 Å². The number of ether oxygens (including phenoxy) is 1. The Morgan fingerprint density at radius 1 is 1.32 bits per heavy atom. The molecule has 25 heavy (non-hydrogen) atoms. The van der Waals surface area contributed by atoms with Crippen molar-refractivity contribution in [1.29, 1.82) is 0 Å². The topological polar surface area (TPSA) is 86.1 Å². The van der Waals surface area contributed by atoms with E-state index in [9.17, 15) is 9.59 Å². The Kier molecular flexibility index (Phi) is 5.39. The molecule has 3 rings (SSSR count). The number of hydrogen-bond acceptors (Lipinski definition) is 6. The van der Waals surface area contributed by atoms with E-state index in [0.717, 1.165) is 11.0 Å². The third-order valence-electron chi connectivity index (χ3n) is 3.54. The van der Waals surface area contributed by atoms with Crippen LogP contribution in [0.3, 0.4) is 0 Å². The summed E-state index contributed by atoms with van der Waals surface area (Å²) in [6.45, 7) is 2.64. The number of aryl methyl sites for hydroxylation is 1. The number of amides is 1. The molecule has 8 heteroatoms. The molecule has 0 atom stereocenters. The molecular formula is C17H18N4O3S. The first-order valence-electron chi connectivity index (χ1n) is 7.95. The van der Waals surface area contributed by atoms with Crippen molar-refractivity contribution in [2.45, 2.75) is 26.3 Å². The number of carbonyl (C=O) groups is 2. The predicted molar refractivity (Wildman–Crippen MR) is 95.4 cm³/mol. The van der Waals surface area contributed by atoms with Crippen LogP contribution in [0.1, 0.15) is 19.0 Å². The summed E-state index contributed by atoms with van der Waals surface area (Å²) in [5.41, 5.74) is 2.51. The lowest BCUT2D eigenvalue weighted by Crippen LogP contribution is -2.14. The van der Waals surface area contributed by atoms with Crippen LogP contribution in [0, 0.1) is 0 Å². The van der Waals surface area contributed by atoms with Gasteiger partial charge in [-0.15, -0.1) is 11.3 Å². The van der Waals surface area contributed by atoms with E-state index in [0.29, 0.717) is 30.4 Å². The molecule has 1 aromatic carbocycles. The highest BCUT2D eigenvalue weighted by Crippen LogP contribution is 2.17. The molecule has 2 aromatic heterocycles. The monoisotopic (exact) mass is 358 g/mol. The highest BCUT2D eigenvalue weighted by atomic mass is 32.1. The maximum absolute atomic E-state index is 12.1. The number of thiazole rings is 1. The molecule has 3 aromatic rings. The van der Waals surface area contributed by atoms with Crippen LogP contribution in [0.25, 0.3) is 11.0 Å². The smallest absolute Gasteiger partial charge is 0.311 e. The van der Waals surface area contributed by atoms with E-state index in [4.69, 9.17) is 4.74 Å². The van der Waals surface area contributed by atoms with Gasteiger partial charge in [0.05, 0.1) is 36.1 Å². The minimum absolute atomic E-state index is 0.112. The van der Waals surface area contributed by atoms with Gasteiger partial charge in [0.25, 0.3) is 0 Å². The number of fused-ring (bicyclic) bond motifs is 1. The van der Waals surface area contributed by atoms with Crippen LogP contribution in [-0.2, 0) is 27.3 Å². The van der Waals surface area contributed by atoms with Gasteiger partial charge < -0.3 is 14.6 Å². The summed E-state index contributed by atoms with van der Waals surface area (Å²) in [5, 5.41) is 4.99. The number of aromatic nitrogens is 3. The molecule has 0 spiro atoms. The van der Waals surface area contributed by atoms with Crippen molar-refractivity contribution < 1.29 is 14.3 Å². The largest absolute Gasteiger partial charge is 0.466 e. The maximum Gasteiger partial charge on any atom is 0.311 e. The normalized spacial score (nSPS) is 10.8. The number of anilines is 1. The maximum atomic E-state index is 12.1. The first-order valence-corrected chi connectivity index (χ1v) is 8.83. The van der Waals surface area contributed by atoms with Crippen molar-refractivity contribution in [3.8, 4) is 0 Å². The number of esters is 1. The molecule has 130 valence electrons. The average Bonchev–Trinajstić information content (AvgIpc) is 3.20. The van der Waals surface area contributed by atoms with E-state index in [2.05, 4.69) is 15.3 Å². The number of carbonyl (C=O) groups excluding carboxylic acids is 2. The van der Waals surface area contributed by atoms with Gasteiger partial charge in [-0.2, -0.15) is 0 Å². The minimum atomic E-state index is -0.322. The van der Waals surface area contributed by atoms with Gasteiger partial charge in [-0.3, -0.25) is 9.59 Å². The molecule has 1 amide bonds. The molecule has 2 heterocycles. The Bertz CT molecular complexity index is 887. The Balaban J connectivity index is 1.53. The molecule has 0 radical (unpaired) electrons. The number of imidazole rings is 1. The minimum Gasteiger partial charge on any atom is -0.466 e. The lowest BCUT2D eigenvalue weighted by Gasteiger charge is -2.04. The van der Waals surface area contributed by atoms with Gasteiger partial charge >= 0.3 is 5.97 Å². The van der Waals surface area contributed by atoms with E-state index < -0.39 is 0 Å². The van der Waals surface area contributed by atoms with Gasteiger partial charge in [0.15, 0.2) is 5.13 Å². The number of nitrogens with one attached hydrogen (secondary N) is 1. The van der Waals surface area contributed by atoms with Crippen LogP contribution in [-0.4, -0.2) is 33.0 Å². The molecular weight excluding hydrogens is 340 g/mol. The number of hydrogen-bond donors (Lipinski definition) is 1. The molecule has 7 nitrogen and oxygen atoms in total. The molecule has 0 saturated carbocycles. The Morgan fingerprint density at radius 2 is 2.16 bits per heavy atom. The first kappa shape index (κ1) is 17.1. The third-order valence-corrected chi connectivity index (χ3v) is 4.34. The number of rotatable bonds is 7. The van der Waals surface area contributed by atoms with Crippen molar-refractivity contribution in [3.05, 3.63) is 41.7 Å². The zero-order valence-corrected chi connectivity index (χ0v) is 14.6. The van der Waals surface area contributed by atoms with Gasteiger partial charge in [-0.1, -0.05) is 12.1 Å². The molecule has 1 N–H and O–H groups in total. The van der Waals surface area contributed by atoms with Gasteiger partial charge in [-0.05, 0) is 19.1 Å². The zero-order valence-electron chi connectivity index (χ0n) is 13.8. The standard InChI is InChI=1S/C17H18N4O3S/c1-2-24-16(23)9-12-10-25-17(19-12)20-15(22)7-8-21-11-18-13-5-3-4-6-14(13)21/h3-6,10-11H,2,7-9H2,1H3,(H,19,20,22). The van der Waals surface area contributed by atoms with Gasteiger partial charge in [0, 0.05) is 18.3 Å². The van der Waals surface area contributed by atoms with Gasteiger partial charge in [-0.25, -0.2) is 9.97 Å². The summed E-state index contributed by atoms with van der Waals surface area (Å²) < 4.78 is 6.83. The van der Waals surface area contributed by atoms with E-state index in [1.807, 2.05) is 28.8 Å². The van der Waals surface area contributed by atoms with Crippen molar-refractivity contribution >= 4 is 39.4 Å². The average molecular weight is 358 g/mol. The Labute approximate surface area is 148 Å². The number of benzene rings is 1. The summed E-state index contributed by atoms with van der Waals surface area (Å²) in [6.07, 6.45) is 2.16. The molecule has 0 aliphatic heterocycles. The van der Waals surface area contributed by atoms with Crippen molar-refractivity contribution in [2.24, 2.45) is 0 Å². The predicted octanol–water partition coefficient (Wildman–Crippen LogP) is 2.63. The summed E-state index contributed by atoms with van der Waals surface area (Å²) in [4.78, 5) is 32.1. The highest BCUT2D eigenvalue weighted by molar-refractivity contribution is 7.13. The fraction of sp³-hybridized carbons (Fsp3) is 0.294. The summed E-state index contributed by atoms with van der Waals surface area (Å²) in [7, 11) is 0. The van der Waals surface area contributed by atoms with Crippen molar-refractivity contribution in [2.75, 3.05) is 11.9 Å². The fourth-order valence-corrected chi connectivity index (χ4v) is 3.12. The lowest BCUT2D eigenvalue weighted by atomic mass is 10.3. The van der Waals surface area contributed by atoms with Crippen LogP contribution in [0.5, 0.6) is 0 Å². The molecule has 0 unspecified atom stereocenters. The molecule has 0 bridgehead atoms. The van der Waals surface area contributed by atoms with Crippen LogP contribution in [0.4, 0.5) is 5.13 Å². The first-order chi connectivity index (χ1) is 12.2. The number of nitrogens with zero attached hydrogens (tertiary/aromatic N) is 3. The molecule has 0 fully saturated rings. The van der Waals surface area contributed by atoms with E-state index in [-0.39, 0.29) is 18.3 Å². The zero-order chi connectivity index (χ0) is 17.6. The second-order valence-electron chi connectivity index (χ2n) is 5.35. The molecule has 0 saturated heterocycles. The van der Waals surface area contributed by atoms with Crippen LogP contribution in [0.15, 0.2) is 36.0 Å². The van der Waals surface area contributed by atoms with Gasteiger partial charge in [0.2, 0.25) is 5.91 Å². The Hall–Kier alpha value is -2.74. The Morgan fingerprint density at radius 3 is 3.00 bits per heavy atom. The van der Waals surface area contributed by atoms with Gasteiger partial charge in [0.1, 0.15) is 0 Å². The summed E-state index contributed by atoms with van der Waals surface area (Å²) in [6, 6.07) is 7.79. The van der Waals surface area contributed by atoms with Crippen LogP contribution < -0.4 is 5.32 Å². The van der Waals surface area contributed by atoms with Crippen LogP contribution >= 0.6 is 11.3 Å². The van der Waals surface area contributed by atoms with E-state index in [1.165, 1.54) is 11.3 Å². The third kappa shape index (κ3) is 4.42. The second kappa shape index (κ2) is 7.89. The number of para-hydroxylation sites is 2. The van der Waals surface area contributed by atoms with E-state index >= 15 is 0 Å². The second-order valence-corrected chi connectivity index (χ2v) is 6.21. The summed E-state index contributed by atoms with van der Waals surface area (Å²) >= 11 is 1.29. The molecule has 0 aliphatic carbocycles. The van der Waals surface area contributed by atoms with E-state index in [1.54, 1.807) is 18.6 Å². The summed E-state index contributed by atoms with van der Waals surface area (Å²) in [5.74, 6) is -0.451. The lowest BCUT2D eigenvalue weighted by molar-refractivity contribution is -0.142. The quantitative estimate of drug-likeness (QED) is 0.656.